The van der Waals surface area contributed by atoms with Gasteiger partial charge in [-0.05, 0) is 36.2 Å². The smallest absolute Gasteiger partial charge is 0.184 e. The van der Waals surface area contributed by atoms with Gasteiger partial charge in [0.15, 0.2) is 15.7 Å². The summed E-state index contributed by atoms with van der Waals surface area (Å²) < 4.78 is 41.3. The molecule has 2 aromatic rings. The van der Waals surface area contributed by atoms with Gasteiger partial charge >= 0.3 is 0 Å². The zero-order valence-corrected chi connectivity index (χ0v) is 13.3. The number of nitrogens with two attached hydrogens (primary N) is 1. The van der Waals surface area contributed by atoms with E-state index in [-0.39, 0.29) is 28.3 Å². The number of hydrogen-bond acceptors (Lipinski definition) is 6. The summed E-state index contributed by atoms with van der Waals surface area (Å²) in [5.41, 5.74) is 6.37. The van der Waals surface area contributed by atoms with E-state index in [1.165, 1.54) is 12.1 Å². The number of hydrogen-bond donors (Lipinski definition) is 2. The summed E-state index contributed by atoms with van der Waals surface area (Å²) in [5.74, 6) is -0.402. The van der Waals surface area contributed by atoms with E-state index in [1.807, 2.05) is 6.92 Å². The van der Waals surface area contributed by atoms with E-state index in [1.54, 1.807) is 19.1 Å². The highest BCUT2D eigenvalue weighted by atomic mass is 32.2. The molecule has 114 valence electrons. The number of nitrogens with one attached hydrogen (secondary N) is 1. The molecule has 0 radical (unpaired) electrons. The van der Waals surface area contributed by atoms with Crippen LogP contribution in [0.3, 0.4) is 0 Å². The first kappa shape index (κ1) is 15.7. The van der Waals surface area contributed by atoms with E-state index < -0.39 is 9.84 Å². The molecule has 1 aromatic carbocycles. The minimum atomic E-state index is -3.47. The van der Waals surface area contributed by atoms with Gasteiger partial charge in [-0.25, -0.2) is 12.8 Å². The summed E-state index contributed by atoms with van der Waals surface area (Å²) in [6, 6.07) is 5.85. The number of halogens is 1. The van der Waals surface area contributed by atoms with Gasteiger partial charge in [0, 0.05) is 6.04 Å². The SMILES string of the molecule is CCS(=O)(=O)c1c(N)nsc1NC(C)c1cccc(F)c1. The molecule has 0 saturated carbocycles. The second-order valence-electron chi connectivity index (χ2n) is 4.55. The Morgan fingerprint density at radius 2 is 2.19 bits per heavy atom. The van der Waals surface area contributed by atoms with Gasteiger partial charge in [0.05, 0.1) is 5.75 Å². The molecule has 0 bridgehead atoms. The molecule has 0 fully saturated rings. The van der Waals surface area contributed by atoms with Crippen LogP contribution in [0.1, 0.15) is 25.5 Å². The fourth-order valence-corrected chi connectivity index (χ4v) is 4.13. The first-order chi connectivity index (χ1) is 9.85. The standard InChI is InChI=1S/C13H16FN3O2S2/c1-3-21(18,19)11-12(15)17-20-13(11)16-8(2)9-5-4-6-10(14)7-9/h4-8,16H,3H2,1-2H3,(H2,15,17). The first-order valence-electron chi connectivity index (χ1n) is 6.35. The molecular formula is C13H16FN3O2S2. The maximum atomic E-state index is 13.2. The molecule has 3 N–H and O–H groups in total. The van der Waals surface area contributed by atoms with Gasteiger partial charge in [0.25, 0.3) is 0 Å². The van der Waals surface area contributed by atoms with Crippen molar-refractivity contribution in [2.75, 3.05) is 16.8 Å². The van der Waals surface area contributed by atoms with Gasteiger partial charge in [-0.15, -0.1) is 0 Å². The lowest BCUT2D eigenvalue weighted by Gasteiger charge is -2.15. The summed E-state index contributed by atoms with van der Waals surface area (Å²) in [7, 11) is -3.47. The number of aromatic nitrogens is 1. The van der Waals surface area contributed by atoms with E-state index in [9.17, 15) is 12.8 Å². The van der Waals surface area contributed by atoms with Crippen LogP contribution in [0.4, 0.5) is 15.2 Å². The number of anilines is 2. The number of sulfone groups is 1. The predicted octanol–water partition coefficient (Wildman–Crippen LogP) is 2.83. The highest BCUT2D eigenvalue weighted by molar-refractivity contribution is 7.91. The Balaban J connectivity index is 2.33. The van der Waals surface area contributed by atoms with Crippen molar-refractivity contribution < 1.29 is 12.8 Å². The van der Waals surface area contributed by atoms with E-state index in [0.29, 0.717) is 10.6 Å². The molecule has 0 aliphatic carbocycles. The van der Waals surface area contributed by atoms with Gasteiger partial charge in [-0.3, -0.25) is 0 Å². The minimum absolute atomic E-state index is 0.00390. The van der Waals surface area contributed by atoms with Crippen molar-refractivity contribution in [3.05, 3.63) is 35.6 Å². The van der Waals surface area contributed by atoms with Gasteiger partial charge in [0.2, 0.25) is 0 Å². The summed E-state index contributed by atoms with van der Waals surface area (Å²) in [5, 5.41) is 3.43. The van der Waals surface area contributed by atoms with Crippen LogP contribution in [0.15, 0.2) is 29.2 Å². The van der Waals surface area contributed by atoms with Crippen molar-refractivity contribution in [3.63, 3.8) is 0 Å². The van der Waals surface area contributed by atoms with Crippen LogP contribution in [0.5, 0.6) is 0 Å². The van der Waals surface area contributed by atoms with Crippen LogP contribution in [0, 0.1) is 5.82 Å². The van der Waals surface area contributed by atoms with Crippen LogP contribution in [0.25, 0.3) is 0 Å². The molecule has 8 heteroatoms. The van der Waals surface area contributed by atoms with Crippen molar-refractivity contribution >= 4 is 32.2 Å². The van der Waals surface area contributed by atoms with E-state index in [4.69, 9.17) is 5.73 Å². The molecule has 1 heterocycles. The van der Waals surface area contributed by atoms with Crippen molar-refractivity contribution in [3.8, 4) is 0 Å². The average Bonchev–Trinajstić information content (AvgIpc) is 2.80. The third-order valence-electron chi connectivity index (χ3n) is 3.06. The normalized spacial score (nSPS) is 13.1. The molecule has 1 atom stereocenters. The molecule has 0 spiro atoms. The number of nitrogens with zero attached hydrogens (tertiary/aromatic N) is 1. The first-order valence-corrected chi connectivity index (χ1v) is 8.77. The highest BCUT2D eigenvalue weighted by Crippen LogP contribution is 2.34. The second-order valence-corrected chi connectivity index (χ2v) is 7.54. The van der Waals surface area contributed by atoms with E-state index >= 15 is 0 Å². The monoisotopic (exact) mass is 329 g/mol. The van der Waals surface area contributed by atoms with Crippen molar-refractivity contribution in [1.29, 1.82) is 0 Å². The van der Waals surface area contributed by atoms with Gasteiger partial charge < -0.3 is 11.1 Å². The molecule has 21 heavy (non-hydrogen) atoms. The zero-order chi connectivity index (χ0) is 15.6. The average molecular weight is 329 g/mol. The fourth-order valence-electron chi connectivity index (χ4n) is 1.89. The minimum Gasteiger partial charge on any atom is -0.382 e. The van der Waals surface area contributed by atoms with Crippen LogP contribution < -0.4 is 11.1 Å². The van der Waals surface area contributed by atoms with E-state index in [2.05, 4.69) is 9.69 Å². The molecule has 0 aliphatic rings. The summed E-state index contributed by atoms with van der Waals surface area (Å²) in [6.07, 6.45) is 0. The molecule has 0 aliphatic heterocycles. The molecule has 0 amide bonds. The fraction of sp³-hybridized carbons (Fsp3) is 0.308. The zero-order valence-electron chi connectivity index (χ0n) is 11.6. The maximum absolute atomic E-state index is 13.2. The Bertz CT molecular complexity index is 744. The number of benzene rings is 1. The molecule has 5 nitrogen and oxygen atoms in total. The number of rotatable bonds is 5. The Hall–Kier alpha value is -1.67. The van der Waals surface area contributed by atoms with Gasteiger partial charge in [-0.2, -0.15) is 4.37 Å². The van der Waals surface area contributed by atoms with Gasteiger partial charge in [-0.1, -0.05) is 19.1 Å². The number of nitrogen functional groups attached to an aromatic ring is 1. The molecule has 0 saturated heterocycles. The highest BCUT2D eigenvalue weighted by Gasteiger charge is 2.24. The lowest BCUT2D eigenvalue weighted by molar-refractivity contribution is 0.598. The molecule has 2 rings (SSSR count). The third kappa shape index (κ3) is 3.33. The second kappa shape index (κ2) is 5.98. The third-order valence-corrected chi connectivity index (χ3v) is 5.78. The lowest BCUT2D eigenvalue weighted by Crippen LogP contribution is -2.11. The molecule has 1 unspecified atom stereocenters. The predicted molar refractivity (Wildman–Crippen MR) is 82.7 cm³/mol. The Labute approximate surface area is 127 Å². The Morgan fingerprint density at radius 1 is 1.48 bits per heavy atom. The van der Waals surface area contributed by atoms with Crippen molar-refractivity contribution in [1.82, 2.24) is 4.37 Å². The van der Waals surface area contributed by atoms with Crippen LogP contribution in [-0.4, -0.2) is 18.5 Å². The summed E-state index contributed by atoms with van der Waals surface area (Å²) >= 11 is 0.987. The maximum Gasteiger partial charge on any atom is 0.184 e. The summed E-state index contributed by atoms with van der Waals surface area (Å²) in [4.78, 5) is 0.0262. The van der Waals surface area contributed by atoms with Crippen LogP contribution in [-0.2, 0) is 9.84 Å². The lowest BCUT2D eigenvalue weighted by atomic mass is 10.1. The topological polar surface area (TPSA) is 85.1 Å². The molecule has 1 aromatic heterocycles. The summed E-state index contributed by atoms with van der Waals surface area (Å²) in [6.45, 7) is 3.36. The quantitative estimate of drug-likeness (QED) is 0.881. The van der Waals surface area contributed by atoms with Crippen molar-refractivity contribution in [2.24, 2.45) is 0 Å². The molecular weight excluding hydrogens is 313 g/mol. The Kier molecular flexibility index (Phi) is 4.48. The van der Waals surface area contributed by atoms with Crippen LogP contribution in [0.2, 0.25) is 0 Å². The van der Waals surface area contributed by atoms with Crippen molar-refractivity contribution in [2.45, 2.75) is 24.8 Å². The van der Waals surface area contributed by atoms with Crippen LogP contribution >= 0.6 is 11.5 Å². The van der Waals surface area contributed by atoms with Gasteiger partial charge in [0.1, 0.15) is 15.7 Å². The largest absolute Gasteiger partial charge is 0.382 e. The Morgan fingerprint density at radius 3 is 2.81 bits per heavy atom. The van der Waals surface area contributed by atoms with E-state index in [0.717, 1.165) is 11.5 Å².